The van der Waals surface area contributed by atoms with Crippen LogP contribution in [0.3, 0.4) is 0 Å². The van der Waals surface area contributed by atoms with E-state index in [9.17, 15) is 9.59 Å². The van der Waals surface area contributed by atoms with Crippen LogP contribution in [0.25, 0.3) is 0 Å². The highest BCUT2D eigenvalue weighted by molar-refractivity contribution is 6.21. The van der Waals surface area contributed by atoms with Crippen molar-refractivity contribution >= 4 is 11.8 Å². The Kier molecular flexibility index (Phi) is 10.8. The van der Waals surface area contributed by atoms with E-state index in [2.05, 4.69) is 0 Å². The summed E-state index contributed by atoms with van der Waals surface area (Å²) in [4.78, 5) is 29.6. The molecule has 0 spiro atoms. The van der Waals surface area contributed by atoms with Crippen molar-refractivity contribution in [1.29, 1.82) is 0 Å². The molecule has 0 aromatic heterocycles. The van der Waals surface area contributed by atoms with E-state index < -0.39 is 42.5 Å². The smallest absolute Gasteiger partial charge is 0.262 e. The maximum absolute atomic E-state index is 14.2. The number of carbonyl (C=O) groups excluding carboxylic acids is 2. The van der Waals surface area contributed by atoms with E-state index in [4.69, 9.17) is 33.2 Å². The molecule has 2 aliphatic rings. The molecule has 7 rings (SSSR count). The van der Waals surface area contributed by atoms with Crippen molar-refractivity contribution in [3.05, 3.63) is 156 Å². The number of carbonyl (C=O) groups is 2. The molecule has 1 fully saturated rings. The maximum atomic E-state index is 14.2. The van der Waals surface area contributed by atoms with Crippen molar-refractivity contribution in [2.45, 2.75) is 43.9 Å². The lowest BCUT2D eigenvalue weighted by Crippen LogP contribution is -2.68. The monoisotopic (exact) mass is 701 g/mol. The summed E-state index contributed by atoms with van der Waals surface area (Å²) in [6.45, 7) is 0.552. The molecule has 0 bridgehead atoms. The van der Waals surface area contributed by atoms with Crippen LogP contribution in [0, 0.1) is 0 Å². The van der Waals surface area contributed by atoms with Gasteiger partial charge in [-0.2, -0.15) is 0 Å². The Morgan fingerprint density at radius 2 is 1.04 bits per heavy atom. The quantitative estimate of drug-likeness (QED) is 0.117. The summed E-state index contributed by atoms with van der Waals surface area (Å²) >= 11 is 0. The number of amides is 2. The fourth-order valence-electron chi connectivity index (χ4n) is 6.44. The minimum atomic E-state index is -1.18. The van der Waals surface area contributed by atoms with E-state index in [1.807, 2.05) is 60.7 Å². The topological polar surface area (TPSA) is 102 Å². The van der Waals surface area contributed by atoms with Gasteiger partial charge < -0.3 is 33.2 Å². The van der Waals surface area contributed by atoms with Crippen molar-refractivity contribution in [3.63, 3.8) is 0 Å². The number of methoxy groups -OCH3 is 2. The molecule has 0 radical (unpaired) electrons. The molecule has 0 aliphatic carbocycles. The Balaban J connectivity index is 1.30. The third-order valence-corrected chi connectivity index (χ3v) is 9.06. The molecular formula is C42H39NO9. The first-order chi connectivity index (χ1) is 25.5. The van der Waals surface area contributed by atoms with Crippen LogP contribution in [0.15, 0.2) is 133 Å². The Bertz CT molecular complexity index is 1900. The summed E-state index contributed by atoms with van der Waals surface area (Å²) in [5, 5.41) is 0. The summed E-state index contributed by atoms with van der Waals surface area (Å²) in [6, 6.07) is 39.3. The summed E-state index contributed by atoms with van der Waals surface area (Å²) < 4.78 is 43.8. The Labute approximate surface area is 302 Å². The van der Waals surface area contributed by atoms with Gasteiger partial charge in [-0.15, -0.1) is 0 Å². The van der Waals surface area contributed by atoms with E-state index in [0.29, 0.717) is 40.7 Å². The van der Waals surface area contributed by atoms with Crippen LogP contribution < -0.4 is 18.9 Å². The second kappa shape index (κ2) is 16.1. The first kappa shape index (κ1) is 34.8. The zero-order valence-corrected chi connectivity index (χ0v) is 28.8. The van der Waals surface area contributed by atoms with Crippen LogP contribution in [0.2, 0.25) is 0 Å². The molecule has 10 nitrogen and oxygen atoms in total. The molecule has 2 aliphatic heterocycles. The minimum Gasteiger partial charge on any atom is -0.497 e. The first-order valence-corrected chi connectivity index (χ1v) is 17.0. The number of hydrogen-bond acceptors (Lipinski definition) is 9. The van der Waals surface area contributed by atoms with E-state index in [0.717, 1.165) is 11.1 Å². The molecule has 2 amide bonds. The SMILES string of the molecule is COc1ccc(O[C@H]2O[C@H](COCc3ccccc3)[C@@H](Oc3ccc(OC)cc3)[C@H](OCc3ccccc3)[C@@H]2N2C(=O)c3ccccc3C2=O)cc1. The largest absolute Gasteiger partial charge is 0.497 e. The predicted molar refractivity (Wildman–Crippen MR) is 192 cm³/mol. The fraction of sp³-hybridized carbons (Fsp3) is 0.238. The third kappa shape index (κ3) is 7.64. The van der Waals surface area contributed by atoms with Gasteiger partial charge >= 0.3 is 0 Å². The van der Waals surface area contributed by atoms with Crippen LogP contribution >= 0.6 is 0 Å². The first-order valence-electron chi connectivity index (χ1n) is 17.0. The second-order valence-electron chi connectivity index (χ2n) is 12.4. The van der Waals surface area contributed by atoms with Crippen molar-refractivity contribution in [1.82, 2.24) is 4.90 Å². The summed E-state index contributed by atoms with van der Waals surface area (Å²) in [5.74, 6) is 1.28. The van der Waals surface area contributed by atoms with Crippen molar-refractivity contribution < 1.29 is 42.7 Å². The number of rotatable bonds is 14. The number of ether oxygens (including phenoxy) is 7. The predicted octanol–water partition coefficient (Wildman–Crippen LogP) is 6.72. The van der Waals surface area contributed by atoms with Gasteiger partial charge in [0.05, 0.1) is 45.2 Å². The Hall–Kier alpha value is -5.68. The summed E-state index contributed by atoms with van der Waals surface area (Å²) in [7, 11) is 3.17. The van der Waals surface area contributed by atoms with Gasteiger partial charge in [0.2, 0.25) is 6.29 Å². The lowest BCUT2D eigenvalue weighted by molar-refractivity contribution is -0.262. The highest BCUT2D eigenvalue weighted by Gasteiger charge is 2.56. The molecule has 5 aromatic rings. The van der Waals surface area contributed by atoms with Gasteiger partial charge in [-0.3, -0.25) is 14.5 Å². The summed E-state index contributed by atoms with van der Waals surface area (Å²) in [5.41, 5.74) is 2.46. The van der Waals surface area contributed by atoms with Gasteiger partial charge in [0, 0.05) is 0 Å². The molecular weight excluding hydrogens is 662 g/mol. The van der Waals surface area contributed by atoms with Gasteiger partial charge in [-0.05, 0) is 71.8 Å². The molecule has 0 unspecified atom stereocenters. The number of nitrogens with zero attached hydrogens (tertiary/aromatic N) is 1. The van der Waals surface area contributed by atoms with Gasteiger partial charge in [0.1, 0.15) is 41.2 Å². The van der Waals surface area contributed by atoms with Crippen LogP contribution in [0.1, 0.15) is 31.8 Å². The van der Waals surface area contributed by atoms with E-state index in [1.165, 1.54) is 4.90 Å². The lowest BCUT2D eigenvalue weighted by Gasteiger charge is -2.48. The number of imide groups is 1. The molecule has 0 saturated carbocycles. The van der Waals surface area contributed by atoms with Crippen LogP contribution in [0.5, 0.6) is 23.0 Å². The molecule has 52 heavy (non-hydrogen) atoms. The highest BCUT2D eigenvalue weighted by atomic mass is 16.7. The van der Waals surface area contributed by atoms with Crippen molar-refractivity contribution in [3.8, 4) is 23.0 Å². The van der Waals surface area contributed by atoms with Gasteiger partial charge in [-0.1, -0.05) is 72.8 Å². The van der Waals surface area contributed by atoms with E-state index >= 15 is 0 Å². The van der Waals surface area contributed by atoms with Gasteiger partial charge in [0.25, 0.3) is 11.8 Å². The average Bonchev–Trinajstić information content (AvgIpc) is 3.44. The standard InChI is InChI=1S/C42H39NO9/c1-46-30-17-21-32(22-18-30)50-38-36(27-48-25-28-11-5-3-6-12-28)52-42(51-33-23-19-31(47-2)20-24-33)37(39(38)49-26-29-13-7-4-8-14-29)43-40(44)34-15-9-10-16-35(34)41(43)45/h3-24,36-39,42H,25-27H2,1-2H3/t36-,37+,38-,39-,42+/m1/s1. The third-order valence-electron chi connectivity index (χ3n) is 9.06. The van der Waals surface area contributed by atoms with Gasteiger partial charge in [-0.25, -0.2) is 0 Å². The zero-order valence-electron chi connectivity index (χ0n) is 28.8. The number of benzene rings is 5. The zero-order chi connectivity index (χ0) is 35.9. The Morgan fingerprint density at radius 1 is 0.558 bits per heavy atom. The van der Waals surface area contributed by atoms with Crippen LogP contribution in [0.4, 0.5) is 0 Å². The summed E-state index contributed by atoms with van der Waals surface area (Å²) in [6.07, 6.45) is -3.79. The maximum Gasteiger partial charge on any atom is 0.262 e. The number of hydrogen-bond donors (Lipinski definition) is 0. The van der Waals surface area contributed by atoms with Crippen molar-refractivity contribution in [2.75, 3.05) is 20.8 Å². The number of fused-ring (bicyclic) bond motifs is 1. The van der Waals surface area contributed by atoms with Crippen LogP contribution in [-0.2, 0) is 27.4 Å². The molecule has 0 N–H and O–H groups in total. The van der Waals surface area contributed by atoms with E-state index in [1.54, 1.807) is 87.0 Å². The highest BCUT2D eigenvalue weighted by Crippen LogP contribution is 2.37. The Morgan fingerprint density at radius 3 is 1.58 bits per heavy atom. The fourth-order valence-corrected chi connectivity index (χ4v) is 6.44. The van der Waals surface area contributed by atoms with Crippen LogP contribution in [-0.4, -0.2) is 68.2 Å². The van der Waals surface area contributed by atoms with Crippen molar-refractivity contribution in [2.24, 2.45) is 0 Å². The molecule has 266 valence electrons. The van der Waals surface area contributed by atoms with E-state index in [-0.39, 0.29) is 13.2 Å². The average molecular weight is 702 g/mol. The second-order valence-corrected chi connectivity index (χ2v) is 12.4. The molecule has 1 saturated heterocycles. The molecule has 5 atom stereocenters. The molecule has 10 heteroatoms. The lowest BCUT2D eigenvalue weighted by atomic mass is 9.94. The minimum absolute atomic E-state index is 0.0816. The molecule has 5 aromatic carbocycles. The normalized spacial score (nSPS) is 21.0. The molecule has 2 heterocycles. The van der Waals surface area contributed by atoms with Gasteiger partial charge in [0.15, 0.2) is 6.10 Å².